The van der Waals surface area contributed by atoms with Gasteiger partial charge in [-0.2, -0.15) is 0 Å². The number of methoxy groups -OCH3 is 1. The lowest BCUT2D eigenvalue weighted by Crippen LogP contribution is -2.13. The van der Waals surface area contributed by atoms with Crippen molar-refractivity contribution in [2.24, 2.45) is 11.8 Å². The number of benzene rings is 1. The molecule has 0 radical (unpaired) electrons. The van der Waals surface area contributed by atoms with E-state index >= 15 is 0 Å². The van der Waals surface area contributed by atoms with E-state index in [1.54, 1.807) is 7.11 Å². The zero-order valence-electron chi connectivity index (χ0n) is 11.1. The predicted octanol–water partition coefficient (Wildman–Crippen LogP) is 3.28. The molecule has 2 atom stereocenters. The molecule has 2 nitrogen and oxygen atoms in total. The monoisotopic (exact) mass is 236 g/mol. The van der Waals surface area contributed by atoms with Gasteiger partial charge in [-0.3, -0.25) is 0 Å². The fraction of sp³-hybridized carbons (Fsp3) is 0.600. The average molecular weight is 236 g/mol. The fourth-order valence-corrected chi connectivity index (χ4v) is 2.09. The van der Waals surface area contributed by atoms with Gasteiger partial charge in [0.1, 0.15) is 5.75 Å². The molecule has 0 amide bonds. The molecule has 96 valence electrons. The molecule has 1 rings (SSSR count). The summed E-state index contributed by atoms with van der Waals surface area (Å²) in [5.41, 5.74) is 1.24. The predicted molar refractivity (Wildman–Crippen MR) is 71.3 cm³/mol. The van der Waals surface area contributed by atoms with Crippen LogP contribution in [0.5, 0.6) is 5.75 Å². The SMILES string of the molecule is CCC(C)CC(CO)Cc1cccc(OC)c1. The Labute approximate surface area is 105 Å². The largest absolute Gasteiger partial charge is 0.497 e. The maximum absolute atomic E-state index is 9.43. The zero-order valence-corrected chi connectivity index (χ0v) is 11.1. The van der Waals surface area contributed by atoms with E-state index in [4.69, 9.17) is 4.74 Å². The minimum Gasteiger partial charge on any atom is -0.497 e. The topological polar surface area (TPSA) is 29.5 Å². The highest BCUT2D eigenvalue weighted by molar-refractivity contribution is 5.28. The smallest absolute Gasteiger partial charge is 0.119 e. The van der Waals surface area contributed by atoms with Crippen LogP contribution in [0.1, 0.15) is 32.3 Å². The highest BCUT2D eigenvalue weighted by Crippen LogP contribution is 2.21. The van der Waals surface area contributed by atoms with E-state index < -0.39 is 0 Å². The lowest BCUT2D eigenvalue weighted by Gasteiger charge is -2.18. The minimum atomic E-state index is 0.265. The van der Waals surface area contributed by atoms with Gasteiger partial charge >= 0.3 is 0 Å². The average Bonchev–Trinajstić information content (AvgIpc) is 2.37. The molecule has 0 aromatic heterocycles. The van der Waals surface area contributed by atoms with Crippen LogP contribution < -0.4 is 4.74 Å². The highest BCUT2D eigenvalue weighted by Gasteiger charge is 2.12. The second-order valence-corrected chi connectivity index (χ2v) is 4.85. The number of hydrogen-bond acceptors (Lipinski definition) is 2. The van der Waals surface area contributed by atoms with E-state index in [0.29, 0.717) is 11.8 Å². The van der Waals surface area contributed by atoms with Crippen molar-refractivity contribution in [2.75, 3.05) is 13.7 Å². The second kappa shape index (κ2) is 7.33. The fourth-order valence-electron chi connectivity index (χ4n) is 2.09. The van der Waals surface area contributed by atoms with Gasteiger partial charge in [-0.25, -0.2) is 0 Å². The number of hydrogen-bond donors (Lipinski definition) is 1. The molecule has 0 saturated carbocycles. The van der Waals surface area contributed by atoms with Crippen LogP contribution in [0.25, 0.3) is 0 Å². The molecular formula is C15H24O2. The Hall–Kier alpha value is -1.02. The molecule has 0 fully saturated rings. The summed E-state index contributed by atoms with van der Waals surface area (Å²) >= 11 is 0. The normalized spacial score (nSPS) is 14.4. The quantitative estimate of drug-likeness (QED) is 0.787. The summed E-state index contributed by atoms with van der Waals surface area (Å²) in [4.78, 5) is 0. The first-order valence-corrected chi connectivity index (χ1v) is 6.43. The van der Waals surface area contributed by atoms with Crippen molar-refractivity contribution in [3.63, 3.8) is 0 Å². The molecular weight excluding hydrogens is 212 g/mol. The van der Waals surface area contributed by atoms with E-state index in [9.17, 15) is 5.11 Å². The molecule has 0 saturated heterocycles. The number of aliphatic hydroxyl groups excluding tert-OH is 1. The molecule has 1 N–H and O–H groups in total. The van der Waals surface area contributed by atoms with Crippen molar-refractivity contribution in [3.8, 4) is 5.75 Å². The summed E-state index contributed by atoms with van der Waals surface area (Å²) < 4.78 is 5.21. The lowest BCUT2D eigenvalue weighted by atomic mass is 9.89. The molecule has 1 aromatic carbocycles. The molecule has 0 heterocycles. The van der Waals surface area contributed by atoms with Crippen molar-refractivity contribution in [1.29, 1.82) is 0 Å². The Kier molecular flexibility index (Phi) is 6.06. The molecule has 0 aliphatic heterocycles. The van der Waals surface area contributed by atoms with Crippen molar-refractivity contribution in [3.05, 3.63) is 29.8 Å². The molecule has 2 heteroatoms. The summed E-state index contributed by atoms with van der Waals surface area (Å²) in [5.74, 6) is 1.93. The molecule has 2 unspecified atom stereocenters. The van der Waals surface area contributed by atoms with E-state index in [2.05, 4.69) is 26.0 Å². The molecule has 17 heavy (non-hydrogen) atoms. The van der Waals surface area contributed by atoms with Crippen molar-refractivity contribution >= 4 is 0 Å². The van der Waals surface area contributed by atoms with Crippen LogP contribution in [0.2, 0.25) is 0 Å². The van der Waals surface area contributed by atoms with Crippen molar-refractivity contribution in [1.82, 2.24) is 0 Å². The van der Waals surface area contributed by atoms with Gasteiger partial charge < -0.3 is 9.84 Å². The minimum absolute atomic E-state index is 0.265. The zero-order chi connectivity index (χ0) is 12.7. The van der Waals surface area contributed by atoms with E-state index in [-0.39, 0.29) is 6.61 Å². The van der Waals surface area contributed by atoms with Gasteiger partial charge in [0.25, 0.3) is 0 Å². The Morgan fingerprint density at radius 3 is 2.71 bits per heavy atom. The number of ether oxygens (including phenoxy) is 1. The van der Waals surface area contributed by atoms with Gasteiger partial charge in [0.05, 0.1) is 7.11 Å². The van der Waals surface area contributed by atoms with Gasteiger partial charge in [0.15, 0.2) is 0 Å². The summed E-state index contributed by atoms with van der Waals surface area (Å²) in [7, 11) is 1.68. The van der Waals surface area contributed by atoms with Gasteiger partial charge in [-0.05, 0) is 42.4 Å². The first-order chi connectivity index (χ1) is 8.19. The Morgan fingerprint density at radius 2 is 2.12 bits per heavy atom. The van der Waals surface area contributed by atoms with E-state index in [1.807, 2.05) is 12.1 Å². The third-order valence-electron chi connectivity index (χ3n) is 3.35. The highest BCUT2D eigenvalue weighted by atomic mass is 16.5. The first kappa shape index (κ1) is 14.0. The summed E-state index contributed by atoms with van der Waals surface area (Å²) in [6.07, 6.45) is 3.19. The first-order valence-electron chi connectivity index (χ1n) is 6.43. The molecule has 0 aliphatic carbocycles. The van der Waals surface area contributed by atoms with E-state index in [0.717, 1.165) is 18.6 Å². The van der Waals surface area contributed by atoms with Gasteiger partial charge in [-0.1, -0.05) is 32.4 Å². The summed E-state index contributed by atoms with van der Waals surface area (Å²) in [5, 5.41) is 9.43. The van der Waals surface area contributed by atoms with Gasteiger partial charge in [0, 0.05) is 6.61 Å². The summed E-state index contributed by atoms with van der Waals surface area (Å²) in [6.45, 7) is 4.71. The maximum atomic E-state index is 9.43. The Balaban J connectivity index is 2.60. The molecule has 1 aromatic rings. The standard InChI is InChI=1S/C15H24O2/c1-4-12(2)8-14(11-16)9-13-6-5-7-15(10-13)17-3/h5-7,10,12,14,16H,4,8-9,11H2,1-3H3. The van der Waals surface area contributed by atoms with Crippen LogP contribution >= 0.6 is 0 Å². The molecule has 0 spiro atoms. The molecule has 0 aliphatic rings. The van der Waals surface area contributed by atoms with Crippen LogP contribution in [0.15, 0.2) is 24.3 Å². The van der Waals surface area contributed by atoms with Crippen molar-refractivity contribution < 1.29 is 9.84 Å². The van der Waals surface area contributed by atoms with Crippen molar-refractivity contribution in [2.45, 2.75) is 33.1 Å². The van der Waals surface area contributed by atoms with E-state index in [1.165, 1.54) is 12.0 Å². The summed E-state index contributed by atoms with van der Waals surface area (Å²) in [6, 6.07) is 8.11. The van der Waals surface area contributed by atoms with Crippen LogP contribution in [-0.4, -0.2) is 18.8 Å². The van der Waals surface area contributed by atoms with Crippen LogP contribution in [0, 0.1) is 11.8 Å². The Morgan fingerprint density at radius 1 is 1.35 bits per heavy atom. The van der Waals surface area contributed by atoms with Crippen LogP contribution in [0.3, 0.4) is 0 Å². The van der Waals surface area contributed by atoms with Crippen LogP contribution in [-0.2, 0) is 6.42 Å². The van der Waals surface area contributed by atoms with Gasteiger partial charge in [0.2, 0.25) is 0 Å². The van der Waals surface area contributed by atoms with Crippen LogP contribution in [0.4, 0.5) is 0 Å². The number of aliphatic hydroxyl groups is 1. The molecule has 0 bridgehead atoms. The number of rotatable bonds is 7. The third kappa shape index (κ3) is 4.78. The lowest BCUT2D eigenvalue weighted by molar-refractivity contribution is 0.201. The maximum Gasteiger partial charge on any atom is 0.119 e. The third-order valence-corrected chi connectivity index (χ3v) is 3.35. The Bertz CT molecular complexity index is 322. The second-order valence-electron chi connectivity index (χ2n) is 4.85. The van der Waals surface area contributed by atoms with Gasteiger partial charge in [-0.15, -0.1) is 0 Å².